The molecule has 5 heteroatoms. The molecule has 0 aliphatic carbocycles. The van der Waals surface area contributed by atoms with Gasteiger partial charge in [-0.25, -0.2) is 9.18 Å². The number of halogens is 1. The lowest BCUT2D eigenvalue weighted by Gasteiger charge is -2.26. The number of carboxylic acid groups (broad SMARTS) is 1. The number of carboxylic acids is 1. The summed E-state index contributed by atoms with van der Waals surface area (Å²) in [5.41, 5.74) is 1.57. The maximum Gasteiger partial charge on any atom is 0.326 e. The molecular weight excluding hydrogens is 321 g/mol. The van der Waals surface area contributed by atoms with E-state index >= 15 is 0 Å². The van der Waals surface area contributed by atoms with E-state index in [0.29, 0.717) is 0 Å². The molecule has 2 unspecified atom stereocenters. The van der Waals surface area contributed by atoms with Gasteiger partial charge in [-0.1, -0.05) is 49.4 Å². The third-order valence-corrected chi connectivity index (χ3v) is 4.32. The van der Waals surface area contributed by atoms with Crippen LogP contribution in [0.5, 0.6) is 0 Å². The molecule has 0 radical (unpaired) electrons. The first-order valence-electron chi connectivity index (χ1n) is 8.16. The van der Waals surface area contributed by atoms with Crippen molar-refractivity contribution in [1.82, 2.24) is 4.90 Å². The summed E-state index contributed by atoms with van der Waals surface area (Å²) < 4.78 is 13.3. The second-order valence-electron chi connectivity index (χ2n) is 6.21. The van der Waals surface area contributed by atoms with E-state index in [2.05, 4.69) is 0 Å². The summed E-state index contributed by atoms with van der Waals surface area (Å²) in [5.74, 6) is -1.87. The third-order valence-electron chi connectivity index (χ3n) is 4.32. The van der Waals surface area contributed by atoms with Crippen LogP contribution in [0.2, 0.25) is 0 Å². The van der Waals surface area contributed by atoms with Crippen LogP contribution >= 0.6 is 0 Å². The molecule has 0 bridgehead atoms. The van der Waals surface area contributed by atoms with Gasteiger partial charge in [-0.2, -0.15) is 0 Å². The number of carbonyl (C=O) groups excluding carboxylic acids is 1. The minimum absolute atomic E-state index is 0.124. The molecule has 1 amide bonds. The second kappa shape index (κ2) is 8.42. The van der Waals surface area contributed by atoms with E-state index in [9.17, 15) is 19.1 Å². The molecule has 2 rings (SSSR count). The number of benzene rings is 2. The summed E-state index contributed by atoms with van der Waals surface area (Å²) in [6.45, 7) is 1.83. The van der Waals surface area contributed by atoms with Crippen molar-refractivity contribution in [3.63, 3.8) is 0 Å². The van der Waals surface area contributed by atoms with Crippen LogP contribution < -0.4 is 0 Å². The van der Waals surface area contributed by atoms with Gasteiger partial charge in [0.2, 0.25) is 5.91 Å². The minimum atomic E-state index is -1.04. The fourth-order valence-electron chi connectivity index (χ4n) is 2.74. The van der Waals surface area contributed by atoms with Crippen LogP contribution in [0.1, 0.15) is 30.4 Å². The fraction of sp³-hybridized carbons (Fsp3) is 0.300. The summed E-state index contributed by atoms with van der Waals surface area (Å²) in [6, 6.07) is 14.4. The Bertz CT molecular complexity index is 733. The van der Waals surface area contributed by atoms with E-state index < -0.39 is 12.0 Å². The highest BCUT2D eigenvalue weighted by molar-refractivity contribution is 5.84. The number of rotatable bonds is 7. The first-order valence-corrected chi connectivity index (χ1v) is 8.16. The summed E-state index contributed by atoms with van der Waals surface area (Å²) >= 11 is 0. The smallest absolute Gasteiger partial charge is 0.326 e. The van der Waals surface area contributed by atoms with Crippen LogP contribution in [0, 0.1) is 5.82 Å². The molecule has 2 aromatic carbocycles. The molecule has 0 aliphatic rings. The standard InChI is InChI=1S/C20H22FNO3/c1-14(16-9-6-10-17(21)13-16)11-19(23)22(2)18(20(24)25)12-15-7-4-3-5-8-15/h3-10,13-14,18H,11-12H2,1-2H3,(H,24,25). The van der Waals surface area contributed by atoms with Crippen LogP contribution in [0.25, 0.3) is 0 Å². The molecule has 0 aromatic heterocycles. The van der Waals surface area contributed by atoms with Gasteiger partial charge < -0.3 is 10.0 Å². The zero-order valence-electron chi connectivity index (χ0n) is 14.4. The van der Waals surface area contributed by atoms with Crippen molar-refractivity contribution in [3.05, 3.63) is 71.5 Å². The summed E-state index contributed by atoms with van der Waals surface area (Å²) in [6.07, 6.45) is 0.366. The maximum atomic E-state index is 13.3. The van der Waals surface area contributed by atoms with Gasteiger partial charge in [0.25, 0.3) is 0 Å². The lowest BCUT2D eigenvalue weighted by atomic mass is 9.96. The average Bonchev–Trinajstić information content (AvgIpc) is 2.59. The van der Waals surface area contributed by atoms with Gasteiger partial charge >= 0.3 is 5.97 Å². The zero-order valence-corrected chi connectivity index (χ0v) is 14.4. The van der Waals surface area contributed by atoms with Crippen molar-refractivity contribution >= 4 is 11.9 Å². The van der Waals surface area contributed by atoms with Crippen molar-refractivity contribution in [3.8, 4) is 0 Å². The van der Waals surface area contributed by atoms with Crippen molar-refractivity contribution in [1.29, 1.82) is 0 Å². The van der Waals surface area contributed by atoms with Crippen molar-refractivity contribution in [2.45, 2.75) is 31.7 Å². The third kappa shape index (κ3) is 5.14. The maximum absolute atomic E-state index is 13.3. The van der Waals surface area contributed by atoms with Gasteiger partial charge in [0.05, 0.1) is 0 Å². The molecule has 0 fully saturated rings. The van der Waals surface area contributed by atoms with E-state index in [-0.39, 0.29) is 30.5 Å². The Morgan fingerprint density at radius 1 is 1.12 bits per heavy atom. The number of aliphatic carboxylic acids is 1. The molecular formula is C20H22FNO3. The van der Waals surface area contributed by atoms with E-state index in [1.54, 1.807) is 12.1 Å². The molecule has 25 heavy (non-hydrogen) atoms. The molecule has 0 aliphatic heterocycles. The predicted octanol–water partition coefficient (Wildman–Crippen LogP) is 3.47. The van der Waals surface area contributed by atoms with E-state index in [1.807, 2.05) is 37.3 Å². The number of amides is 1. The van der Waals surface area contributed by atoms with Crippen LogP contribution in [-0.4, -0.2) is 35.0 Å². The van der Waals surface area contributed by atoms with Crippen LogP contribution in [0.3, 0.4) is 0 Å². The van der Waals surface area contributed by atoms with Crippen LogP contribution in [-0.2, 0) is 16.0 Å². The Labute approximate surface area is 146 Å². The highest BCUT2D eigenvalue weighted by Crippen LogP contribution is 2.21. The zero-order chi connectivity index (χ0) is 18.4. The number of likely N-dealkylation sites (N-methyl/N-ethyl adjacent to an activating group) is 1. The Morgan fingerprint density at radius 3 is 2.40 bits per heavy atom. The Balaban J connectivity index is 2.06. The van der Waals surface area contributed by atoms with Crippen LogP contribution in [0.4, 0.5) is 4.39 Å². The Hall–Kier alpha value is -2.69. The summed E-state index contributed by atoms with van der Waals surface area (Å²) in [7, 11) is 1.50. The molecule has 132 valence electrons. The normalized spacial score (nSPS) is 13.1. The van der Waals surface area contributed by atoms with Gasteiger partial charge in [-0.15, -0.1) is 0 Å². The number of carbonyl (C=O) groups is 2. The lowest BCUT2D eigenvalue weighted by molar-refractivity contribution is -0.149. The molecule has 0 heterocycles. The highest BCUT2D eigenvalue weighted by Gasteiger charge is 2.27. The molecule has 2 aromatic rings. The van der Waals surface area contributed by atoms with E-state index in [4.69, 9.17) is 0 Å². The molecule has 0 spiro atoms. The Kier molecular flexibility index (Phi) is 6.28. The molecule has 2 atom stereocenters. The lowest BCUT2D eigenvalue weighted by Crippen LogP contribution is -2.44. The van der Waals surface area contributed by atoms with Gasteiger partial charge in [0.1, 0.15) is 11.9 Å². The molecule has 0 saturated heterocycles. The number of hydrogen-bond acceptors (Lipinski definition) is 2. The van der Waals surface area contributed by atoms with Gasteiger partial charge in [0, 0.05) is 19.9 Å². The minimum Gasteiger partial charge on any atom is -0.480 e. The highest BCUT2D eigenvalue weighted by atomic mass is 19.1. The number of hydrogen-bond donors (Lipinski definition) is 1. The second-order valence-corrected chi connectivity index (χ2v) is 6.21. The average molecular weight is 343 g/mol. The first kappa shape index (κ1) is 18.6. The monoisotopic (exact) mass is 343 g/mol. The van der Waals surface area contributed by atoms with Crippen LogP contribution in [0.15, 0.2) is 54.6 Å². The molecule has 1 N–H and O–H groups in total. The molecule has 4 nitrogen and oxygen atoms in total. The van der Waals surface area contributed by atoms with Crippen molar-refractivity contribution < 1.29 is 19.1 Å². The summed E-state index contributed by atoms with van der Waals surface area (Å²) in [4.78, 5) is 25.4. The van der Waals surface area contributed by atoms with Crippen molar-refractivity contribution in [2.24, 2.45) is 0 Å². The molecule has 0 saturated carbocycles. The van der Waals surface area contributed by atoms with Gasteiger partial charge in [-0.3, -0.25) is 4.79 Å². The predicted molar refractivity (Wildman–Crippen MR) is 93.8 cm³/mol. The SMILES string of the molecule is CC(CC(=O)N(C)C(Cc1ccccc1)C(=O)O)c1cccc(F)c1. The van der Waals surface area contributed by atoms with E-state index in [1.165, 1.54) is 24.1 Å². The summed E-state index contributed by atoms with van der Waals surface area (Å²) in [5, 5.41) is 9.50. The van der Waals surface area contributed by atoms with Gasteiger partial charge in [-0.05, 0) is 29.2 Å². The van der Waals surface area contributed by atoms with E-state index in [0.717, 1.165) is 11.1 Å². The van der Waals surface area contributed by atoms with Crippen molar-refractivity contribution in [2.75, 3.05) is 7.05 Å². The van der Waals surface area contributed by atoms with Gasteiger partial charge in [0.15, 0.2) is 0 Å². The topological polar surface area (TPSA) is 57.6 Å². The largest absolute Gasteiger partial charge is 0.480 e. The quantitative estimate of drug-likeness (QED) is 0.837. The number of nitrogens with zero attached hydrogens (tertiary/aromatic N) is 1. The Morgan fingerprint density at radius 2 is 1.80 bits per heavy atom. The first-order chi connectivity index (χ1) is 11.9. The fourth-order valence-corrected chi connectivity index (χ4v) is 2.74.